The summed E-state index contributed by atoms with van der Waals surface area (Å²) in [4.78, 5) is 27.4. The van der Waals surface area contributed by atoms with Crippen molar-refractivity contribution in [3.63, 3.8) is 0 Å². The van der Waals surface area contributed by atoms with E-state index < -0.39 is 0 Å². The zero-order chi connectivity index (χ0) is 21.5. The molecule has 7 heteroatoms. The molecule has 30 heavy (non-hydrogen) atoms. The highest BCUT2D eigenvalue weighted by Gasteiger charge is 2.31. The maximum atomic E-state index is 13.0. The highest BCUT2D eigenvalue weighted by Crippen LogP contribution is 2.14. The van der Waals surface area contributed by atoms with E-state index in [9.17, 15) is 14.0 Å². The summed E-state index contributed by atoms with van der Waals surface area (Å²) < 4.78 is 13.0. The van der Waals surface area contributed by atoms with E-state index in [2.05, 4.69) is 17.6 Å². The Balaban J connectivity index is 1.45. The Hall–Kier alpha value is -2.77. The predicted molar refractivity (Wildman–Crippen MR) is 115 cm³/mol. The van der Waals surface area contributed by atoms with Crippen LogP contribution in [0.5, 0.6) is 0 Å². The molecular weight excluding hydrogens is 383 g/mol. The quantitative estimate of drug-likeness (QED) is 0.521. The zero-order valence-corrected chi connectivity index (χ0v) is 17.6. The van der Waals surface area contributed by atoms with E-state index in [4.69, 9.17) is 0 Å². The molecule has 0 radical (unpaired) electrons. The van der Waals surface area contributed by atoms with Gasteiger partial charge in [-0.15, -0.1) is 0 Å². The summed E-state index contributed by atoms with van der Waals surface area (Å²) in [6.45, 7) is 7.75. The van der Waals surface area contributed by atoms with Crippen LogP contribution >= 0.6 is 0 Å². The van der Waals surface area contributed by atoms with Gasteiger partial charge < -0.3 is 20.4 Å². The van der Waals surface area contributed by atoms with Gasteiger partial charge >= 0.3 is 0 Å². The fourth-order valence-electron chi connectivity index (χ4n) is 3.88. The van der Waals surface area contributed by atoms with Crippen molar-refractivity contribution < 1.29 is 23.8 Å². The summed E-state index contributed by atoms with van der Waals surface area (Å²) in [6.07, 6.45) is 0.878. The second-order valence-corrected chi connectivity index (χ2v) is 7.86. The molecule has 0 unspecified atom stereocenters. The number of nitrogens with one attached hydrogen (secondary N) is 4. The third-order valence-corrected chi connectivity index (χ3v) is 5.80. The molecule has 3 rings (SSSR count). The Labute approximate surface area is 177 Å². The minimum atomic E-state index is -0.326. The van der Waals surface area contributed by atoms with Crippen molar-refractivity contribution in [3.05, 3.63) is 59.9 Å². The van der Waals surface area contributed by atoms with Crippen LogP contribution in [-0.4, -0.2) is 50.6 Å². The van der Waals surface area contributed by atoms with Crippen LogP contribution in [0, 0.1) is 5.82 Å². The number of rotatable bonds is 7. The minimum absolute atomic E-state index is 0.0245. The molecule has 6 nitrogen and oxygen atoms in total. The van der Waals surface area contributed by atoms with Crippen molar-refractivity contribution in [2.75, 3.05) is 43.4 Å². The van der Waals surface area contributed by atoms with Crippen LogP contribution in [-0.2, 0) is 16.0 Å². The monoisotopic (exact) mass is 414 g/mol. The number of hydrogen-bond acceptors (Lipinski definition) is 2. The van der Waals surface area contributed by atoms with E-state index in [1.165, 1.54) is 21.9 Å². The van der Waals surface area contributed by atoms with Gasteiger partial charge in [0.15, 0.2) is 12.6 Å². The average Bonchev–Trinajstić information content (AvgIpc) is 2.75. The Bertz CT molecular complexity index is 864. The SMILES string of the molecule is CCc1ccccc1NC(=O)C[NH+]1CC[NH+]([C@@H](C)C(=O)Nc2ccc(F)cc2)CC1. The third kappa shape index (κ3) is 5.87. The number of carbonyl (C=O) groups excluding carboxylic acids is 2. The van der Waals surface area contributed by atoms with Crippen molar-refractivity contribution in [1.29, 1.82) is 0 Å². The Morgan fingerprint density at radius 2 is 1.67 bits per heavy atom. The standard InChI is InChI=1S/C23H29FN4O2/c1-3-18-6-4-5-7-21(18)26-22(29)16-27-12-14-28(15-13-27)17(2)23(30)25-20-10-8-19(24)9-11-20/h4-11,17H,3,12-16H2,1-2H3,(H,25,30)(H,26,29)/p+2/t17-/m0/s1. The van der Waals surface area contributed by atoms with E-state index in [1.54, 1.807) is 12.1 Å². The number of amides is 2. The van der Waals surface area contributed by atoms with E-state index in [1.807, 2.05) is 31.2 Å². The molecule has 2 aromatic rings. The van der Waals surface area contributed by atoms with Gasteiger partial charge in [-0.1, -0.05) is 25.1 Å². The maximum Gasteiger partial charge on any atom is 0.282 e. The summed E-state index contributed by atoms with van der Waals surface area (Å²) in [5.41, 5.74) is 2.62. The molecule has 2 aromatic carbocycles. The van der Waals surface area contributed by atoms with Gasteiger partial charge in [0, 0.05) is 11.4 Å². The van der Waals surface area contributed by atoms with Gasteiger partial charge in [-0.3, -0.25) is 9.59 Å². The second kappa shape index (κ2) is 10.3. The third-order valence-electron chi connectivity index (χ3n) is 5.80. The zero-order valence-electron chi connectivity index (χ0n) is 17.6. The predicted octanol–water partition coefficient (Wildman–Crippen LogP) is 0.137. The molecule has 1 heterocycles. The number of quaternary nitrogens is 2. The number of para-hydroxylation sites is 1. The molecular formula is C23H31FN4O2+2. The smallest absolute Gasteiger partial charge is 0.282 e. The van der Waals surface area contributed by atoms with Crippen LogP contribution < -0.4 is 20.4 Å². The van der Waals surface area contributed by atoms with Crippen molar-refractivity contribution >= 4 is 23.2 Å². The number of anilines is 2. The topological polar surface area (TPSA) is 67.1 Å². The molecule has 1 fully saturated rings. The Morgan fingerprint density at radius 1 is 1.00 bits per heavy atom. The van der Waals surface area contributed by atoms with Crippen LogP contribution in [0.3, 0.4) is 0 Å². The lowest BCUT2D eigenvalue weighted by molar-refractivity contribution is -1.01. The van der Waals surface area contributed by atoms with E-state index in [-0.39, 0.29) is 23.7 Å². The van der Waals surface area contributed by atoms with Crippen LogP contribution in [0.15, 0.2) is 48.5 Å². The van der Waals surface area contributed by atoms with Crippen molar-refractivity contribution in [2.24, 2.45) is 0 Å². The molecule has 0 spiro atoms. The van der Waals surface area contributed by atoms with Crippen LogP contribution in [0.1, 0.15) is 19.4 Å². The van der Waals surface area contributed by atoms with E-state index in [0.29, 0.717) is 12.2 Å². The van der Waals surface area contributed by atoms with Gasteiger partial charge in [0.1, 0.15) is 32.0 Å². The van der Waals surface area contributed by atoms with Crippen LogP contribution in [0.4, 0.5) is 15.8 Å². The van der Waals surface area contributed by atoms with Crippen LogP contribution in [0.25, 0.3) is 0 Å². The number of carbonyl (C=O) groups is 2. The molecule has 0 aliphatic carbocycles. The molecule has 1 aliphatic heterocycles. The first kappa shape index (κ1) is 21.9. The number of aryl methyl sites for hydroxylation is 1. The van der Waals surface area contributed by atoms with Gasteiger partial charge in [-0.25, -0.2) is 4.39 Å². The Morgan fingerprint density at radius 3 is 2.33 bits per heavy atom. The van der Waals surface area contributed by atoms with Gasteiger partial charge in [-0.05, 0) is 49.2 Å². The average molecular weight is 415 g/mol. The lowest BCUT2D eigenvalue weighted by Gasteiger charge is -2.32. The number of hydrogen-bond donors (Lipinski definition) is 4. The molecule has 1 saturated heterocycles. The van der Waals surface area contributed by atoms with E-state index >= 15 is 0 Å². The Kier molecular flexibility index (Phi) is 7.54. The van der Waals surface area contributed by atoms with Gasteiger partial charge in [0.25, 0.3) is 11.8 Å². The maximum absolute atomic E-state index is 13.0. The fraction of sp³-hybridized carbons (Fsp3) is 0.391. The number of halogens is 1. The van der Waals surface area contributed by atoms with Gasteiger partial charge in [0.05, 0.1) is 0 Å². The highest BCUT2D eigenvalue weighted by atomic mass is 19.1. The molecule has 0 saturated carbocycles. The van der Waals surface area contributed by atoms with Crippen molar-refractivity contribution in [3.8, 4) is 0 Å². The lowest BCUT2D eigenvalue weighted by atomic mass is 10.1. The van der Waals surface area contributed by atoms with Gasteiger partial charge in [-0.2, -0.15) is 0 Å². The number of piperazine rings is 1. The molecule has 1 atom stereocenters. The van der Waals surface area contributed by atoms with Crippen molar-refractivity contribution in [1.82, 2.24) is 0 Å². The highest BCUT2D eigenvalue weighted by molar-refractivity contribution is 5.93. The first-order chi connectivity index (χ1) is 14.5. The van der Waals surface area contributed by atoms with Gasteiger partial charge in [0.2, 0.25) is 0 Å². The summed E-state index contributed by atoms with van der Waals surface area (Å²) >= 11 is 0. The molecule has 2 amide bonds. The van der Waals surface area contributed by atoms with Crippen molar-refractivity contribution in [2.45, 2.75) is 26.3 Å². The molecule has 0 aromatic heterocycles. The minimum Gasteiger partial charge on any atom is -0.321 e. The normalized spacial score (nSPS) is 19.7. The molecule has 1 aliphatic rings. The molecule has 0 bridgehead atoms. The second-order valence-electron chi connectivity index (χ2n) is 7.86. The first-order valence-electron chi connectivity index (χ1n) is 10.6. The summed E-state index contributed by atoms with van der Waals surface area (Å²) in [5.74, 6) is -0.376. The molecule has 160 valence electrons. The van der Waals surface area contributed by atoms with E-state index in [0.717, 1.165) is 43.9 Å². The fourth-order valence-corrected chi connectivity index (χ4v) is 3.88. The summed E-state index contributed by atoms with van der Waals surface area (Å²) in [7, 11) is 0. The summed E-state index contributed by atoms with van der Waals surface area (Å²) in [5, 5.41) is 5.89. The largest absolute Gasteiger partial charge is 0.321 e. The first-order valence-corrected chi connectivity index (χ1v) is 10.6. The lowest BCUT2D eigenvalue weighted by Crippen LogP contribution is -3.30. The number of benzene rings is 2. The van der Waals surface area contributed by atoms with Crippen LogP contribution in [0.2, 0.25) is 0 Å². The summed E-state index contributed by atoms with van der Waals surface area (Å²) in [6, 6.07) is 13.5. The molecule has 4 N–H and O–H groups in total.